The van der Waals surface area contributed by atoms with E-state index >= 15 is 0 Å². The number of hydrogen-bond acceptors (Lipinski definition) is 8. The van der Waals surface area contributed by atoms with Gasteiger partial charge in [0.05, 0.1) is 19.3 Å². The standard InChI is InChI=1S/C28H54N2O7Si/c1-17(2)38(18(3)4,19(5)6)35-16-22(29)24-21(15-34-20(7)31)14-23(25(32)36-27(8,9)10)30(24)26(33)37-28(11,12)13/h17-19,21-24H,14-16,29H2,1-13H3/t21-,22+,23+,24+/m0/s1. The number of nitrogens with two attached hydrogens (primary N) is 1. The van der Waals surface area contributed by atoms with Gasteiger partial charge in [-0.15, -0.1) is 0 Å². The summed E-state index contributed by atoms with van der Waals surface area (Å²) >= 11 is 0. The summed E-state index contributed by atoms with van der Waals surface area (Å²) in [7, 11) is -2.25. The van der Waals surface area contributed by atoms with Crippen molar-refractivity contribution in [3.8, 4) is 0 Å². The van der Waals surface area contributed by atoms with Crippen molar-refractivity contribution in [2.24, 2.45) is 11.7 Å². The molecule has 1 rings (SSSR count). The lowest BCUT2D eigenvalue weighted by Crippen LogP contribution is -2.58. The highest BCUT2D eigenvalue weighted by molar-refractivity contribution is 6.77. The van der Waals surface area contributed by atoms with E-state index in [1.807, 2.05) is 0 Å². The Bertz CT molecular complexity index is 795. The van der Waals surface area contributed by atoms with Crippen LogP contribution in [0.4, 0.5) is 4.79 Å². The van der Waals surface area contributed by atoms with Gasteiger partial charge >= 0.3 is 18.0 Å². The molecule has 0 spiro atoms. The Balaban J connectivity index is 3.49. The molecule has 1 heterocycles. The highest BCUT2D eigenvalue weighted by atomic mass is 28.4. The third kappa shape index (κ3) is 8.94. The van der Waals surface area contributed by atoms with Crippen LogP contribution in [0.1, 0.15) is 96.4 Å². The smallest absolute Gasteiger partial charge is 0.411 e. The zero-order valence-corrected chi connectivity index (χ0v) is 27.0. The minimum atomic E-state index is -2.25. The Morgan fingerprint density at radius 2 is 1.37 bits per heavy atom. The number of amides is 1. The second kappa shape index (κ2) is 13.1. The quantitative estimate of drug-likeness (QED) is 0.215. The minimum absolute atomic E-state index is 0.0212. The fraction of sp³-hybridized carbons (Fsp3) is 0.893. The zero-order valence-electron chi connectivity index (χ0n) is 26.0. The van der Waals surface area contributed by atoms with E-state index in [-0.39, 0.29) is 19.6 Å². The topological polar surface area (TPSA) is 117 Å². The molecule has 10 heteroatoms. The van der Waals surface area contributed by atoms with Crippen molar-refractivity contribution in [3.63, 3.8) is 0 Å². The van der Waals surface area contributed by atoms with Crippen LogP contribution in [-0.4, -0.2) is 73.8 Å². The maximum atomic E-state index is 13.6. The Hall–Kier alpha value is -1.65. The second-order valence-electron chi connectivity index (χ2n) is 13.5. The molecule has 1 fully saturated rings. The number of esters is 2. The van der Waals surface area contributed by atoms with Crippen LogP contribution in [0.2, 0.25) is 16.6 Å². The summed E-state index contributed by atoms with van der Waals surface area (Å²) < 4.78 is 23.6. The minimum Gasteiger partial charge on any atom is -0.465 e. The van der Waals surface area contributed by atoms with Crippen molar-refractivity contribution in [1.82, 2.24) is 4.90 Å². The van der Waals surface area contributed by atoms with Crippen LogP contribution in [0, 0.1) is 5.92 Å². The summed E-state index contributed by atoms with van der Waals surface area (Å²) in [6.07, 6.45) is -0.416. The monoisotopic (exact) mass is 558 g/mol. The van der Waals surface area contributed by atoms with Crippen molar-refractivity contribution in [1.29, 1.82) is 0 Å². The van der Waals surface area contributed by atoms with Gasteiger partial charge in [-0.2, -0.15) is 0 Å². The van der Waals surface area contributed by atoms with Gasteiger partial charge in [-0.25, -0.2) is 9.59 Å². The molecule has 1 saturated heterocycles. The summed E-state index contributed by atoms with van der Waals surface area (Å²) in [6.45, 7) is 25.4. The largest absolute Gasteiger partial charge is 0.465 e. The molecule has 0 saturated carbocycles. The van der Waals surface area contributed by atoms with E-state index in [9.17, 15) is 14.4 Å². The summed E-state index contributed by atoms with van der Waals surface area (Å²) in [5.41, 5.74) is 6.34. The Morgan fingerprint density at radius 1 is 0.895 bits per heavy atom. The number of carbonyl (C=O) groups is 3. The average molecular weight is 559 g/mol. The molecular weight excluding hydrogens is 504 g/mol. The van der Waals surface area contributed by atoms with E-state index in [1.165, 1.54) is 11.8 Å². The Morgan fingerprint density at radius 3 is 1.76 bits per heavy atom. The number of nitrogens with zero attached hydrogens (tertiary/aromatic N) is 1. The first kappa shape index (κ1) is 34.4. The predicted octanol–water partition coefficient (Wildman–Crippen LogP) is 5.40. The van der Waals surface area contributed by atoms with Gasteiger partial charge in [0.1, 0.15) is 17.2 Å². The SMILES string of the molecule is CC(=O)OC[C@@H]1C[C@H](C(=O)OC(C)(C)C)N(C(=O)OC(C)(C)C)[C@H]1[C@H](N)CO[Si](C(C)C)(C(C)C)C(C)C. The number of ether oxygens (including phenoxy) is 3. The molecule has 0 radical (unpaired) electrons. The molecule has 1 aliphatic heterocycles. The van der Waals surface area contributed by atoms with Gasteiger partial charge < -0.3 is 24.4 Å². The van der Waals surface area contributed by atoms with Gasteiger partial charge in [0.25, 0.3) is 0 Å². The van der Waals surface area contributed by atoms with Crippen LogP contribution >= 0.6 is 0 Å². The highest BCUT2D eigenvalue weighted by Gasteiger charge is 2.53. The first-order chi connectivity index (χ1) is 17.1. The molecule has 1 aliphatic rings. The van der Waals surface area contributed by atoms with E-state index in [1.54, 1.807) is 41.5 Å². The first-order valence-electron chi connectivity index (χ1n) is 13.9. The number of hydrogen-bond donors (Lipinski definition) is 1. The van der Waals surface area contributed by atoms with Gasteiger partial charge in [0.2, 0.25) is 0 Å². The fourth-order valence-corrected chi connectivity index (χ4v) is 11.4. The maximum absolute atomic E-state index is 13.6. The van der Waals surface area contributed by atoms with E-state index in [2.05, 4.69) is 41.5 Å². The normalized spacial score (nSPS) is 21.7. The maximum Gasteiger partial charge on any atom is 0.411 e. The molecule has 0 bridgehead atoms. The molecule has 2 N–H and O–H groups in total. The highest BCUT2D eigenvalue weighted by Crippen LogP contribution is 2.43. The molecular formula is C28H54N2O7Si. The van der Waals surface area contributed by atoms with Gasteiger partial charge in [0, 0.05) is 18.9 Å². The third-order valence-electron chi connectivity index (χ3n) is 7.12. The molecule has 9 nitrogen and oxygen atoms in total. The lowest BCUT2D eigenvalue weighted by atomic mass is 9.94. The summed E-state index contributed by atoms with van der Waals surface area (Å²) in [5, 5.41) is 0. The lowest BCUT2D eigenvalue weighted by Gasteiger charge is -2.44. The van der Waals surface area contributed by atoms with Crippen LogP contribution in [0.3, 0.4) is 0 Å². The summed E-state index contributed by atoms with van der Waals surface area (Å²) in [6, 6.07) is -2.22. The predicted molar refractivity (Wildman–Crippen MR) is 151 cm³/mol. The van der Waals surface area contributed by atoms with Crippen LogP contribution in [0.5, 0.6) is 0 Å². The van der Waals surface area contributed by atoms with Crippen molar-refractivity contribution >= 4 is 26.3 Å². The molecule has 0 aromatic heterocycles. The number of likely N-dealkylation sites (tertiary alicyclic amines) is 1. The molecule has 1 amide bonds. The molecule has 0 aromatic carbocycles. The van der Waals surface area contributed by atoms with Gasteiger partial charge in [-0.3, -0.25) is 9.69 Å². The molecule has 0 unspecified atom stereocenters. The van der Waals surface area contributed by atoms with Gasteiger partial charge in [-0.1, -0.05) is 41.5 Å². The van der Waals surface area contributed by atoms with Crippen LogP contribution < -0.4 is 5.73 Å². The summed E-state index contributed by atoms with van der Waals surface area (Å²) in [4.78, 5) is 40.0. The van der Waals surface area contributed by atoms with Gasteiger partial charge in [0.15, 0.2) is 8.32 Å². The molecule has 38 heavy (non-hydrogen) atoms. The van der Waals surface area contributed by atoms with Gasteiger partial charge in [-0.05, 0) is 64.6 Å². The fourth-order valence-electron chi connectivity index (χ4n) is 5.90. The van der Waals surface area contributed by atoms with Crippen molar-refractivity contribution in [3.05, 3.63) is 0 Å². The molecule has 222 valence electrons. The number of carbonyl (C=O) groups excluding carboxylic acids is 3. The average Bonchev–Trinajstić information content (AvgIpc) is 3.09. The Labute approximate surface area is 231 Å². The summed E-state index contributed by atoms with van der Waals surface area (Å²) in [5.74, 6) is -1.37. The van der Waals surface area contributed by atoms with Crippen LogP contribution in [-0.2, 0) is 28.2 Å². The second-order valence-corrected chi connectivity index (χ2v) is 19.0. The first-order valence-corrected chi connectivity index (χ1v) is 16.0. The van der Waals surface area contributed by atoms with E-state index in [0.717, 1.165) is 0 Å². The number of rotatable bonds is 10. The Kier molecular flexibility index (Phi) is 11.9. The zero-order chi connectivity index (χ0) is 29.8. The molecule has 0 aliphatic carbocycles. The molecule has 4 atom stereocenters. The van der Waals surface area contributed by atoms with E-state index in [4.69, 9.17) is 24.4 Å². The van der Waals surface area contributed by atoms with E-state index in [0.29, 0.717) is 16.6 Å². The van der Waals surface area contributed by atoms with Crippen LogP contribution in [0.25, 0.3) is 0 Å². The third-order valence-corrected chi connectivity index (χ3v) is 13.2. The van der Waals surface area contributed by atoms with Crippen molar-refractivity contribution in [2.75, 3.05) is 13.2 Å². The van der Waals surface area contributed by atoms with Crippen molar-refractivity contribution in [2.45, 2.75) is 142 Å². The lowest BCUT2D eigenvalue weighted by molar-refractivity contribution is -0.160. The van der Waals surface area contributed by atoms with Crippen LogP contribution in [0.15, 0.2) is 0 Å². The molecule has 0 aromatic rings. The van der Waals surface area contributed by atoms with E-state index < -0.39 is 61.6 Å². The van der Waals surface area contributed by atoms with Crippen molar-refractivity contribution < 1.29 is 33.0 Å².